The molecule has 0 N–H and O–H groups in total. The van der Waals surface area contributed by atoms with E-state index in [9.17, 15) is 0 Å². The number of ether oxygens (including phenoxy) is 1. The SMILES string of the molecule is CC(C)OCCCSCCCCCCCCCCCCC#C[Si](C)(C)C. The third kappa shape index (κ3) is 24.1. The van der Waals surface area contributed by atoms with Gasteiger partial charge in [0.1, 0.15) is 8.07 Å². The highest BCUT2D eigenvalue weighted by molar-refractivity contribution is 7.99. The topological polar surface area (TPSA) is 9.23 Å². The van der Waals surface area contributed by atoms with Crippen LogP contribution < -0.4 is 0 Å². The minimum Gasteiger partial charge on any atom is -0.379 e. The van der Waals surface area contributed by atoms with Crippen LogP contribution in [0.3, 0.4) is 0 Å². The Balaban J connectivity index is 3.10. The molecular weight excluding hydrogens is 352 g/mol. The summed E-state index contributed by atoms with van der Waals surface area (Å²) in [6.07, 6.45) is 16.8. The van der Waals surface area contributed by atoms with Crippen molar-refractivity contribution >= 4 is 19.8 Å². The second-order valence-corrected chi connectivity index (χ2v) is 14.7. The fraction of sp³-hybridized carbons (Fsp3) is 0.913. The first-order valence-corrected chi connectivity index (χ1v) is 15.8. The molecule has 0 saturated carbocycles. The van der Waals surface area contributed by atoms with Crippen molar-refractivity contribution in [2.75, 3.05) is 18.1 Å². The zero-order valence-corrected chi connectivity index (χ0v) is 20.3. The first kappa shape index (κ1) is 26.1. The van der Waals surface area contributed by atoms with Crippen molar-refractivity contribution in [3.8, 4) is 11.5 Å². The van der Waals surface area contributed by atoms with Crippen LogP contribution in [-0.4, -0.2) is 32.3 Å². The molecule has 0 aromatic carbocycles. The van der Waals surface area contributed by atoms with Crippen LogP contribution in [0.5, 0.6) is 0 Å². The molecule has 3 heteroatoms. The summed E-state index contributed by atoms with van der Waals surface area (Å²) < 4.78 is 5.56. The predicted molar refractivity (Wildman–Crippen MR) is 125 cm³/mol. The Morgan fingerprint density at radius 2 is 1.23 bits per heavy atom. The summed E-state index contributed by atoms with van der Waals surface area (Å²) in [4.78, 5) is 0. The van der Waals surface area contributed by atoms with Gasteiger partial charge in [-0.3, -0.25) is 0 Å². The number of hydrogen-bond donors (Lipinski definition) is 0. The molecule has 0 unspecified atom stereocenters. The third-order valence-corrected chi connectivity index (χ3v) is 6.27. The Kier molecular flexibility index (Phi) is 18.5. The van der Waals surface area contributed by atoms with E-state index in [1.165, 1.54) is 82.1 Å². The Bertz CT molecular complexity index is 351. The van der Waals surface area contributed by atoms with Crippen molar-refractivity contribution in [3.63, 3.8) is 0 Å². The first-order valence-electron chi connectivity index (χ1n) is 11.1. The minimum atomic E-state index is -1.14. The molecule has 0 aromatic rings. The number of rotatable bonds is 17. The smallest absolute Gasteiger partial charge is 0.129 e. The number of unbranched alkanes of at least 4 members (excludes halogenated alkanes) is 10. The molecule has 0 heterocycles. The highest BCUT2D eigenvalue weighted by atomic mass is 32.2. The van der Waals surface area contributed by atoms with Gasteiger partial charge in [-0.15, -0.1) is 11.5 Å². The van der Waals surface area contributed by atoms with Crippen molar-refractivity contribution in [2.24, 2.45) is 0 Å². The summed E-state index contributed by atoms with van der Waals surface area (Å²) >= 11 is 2.10. The maximum Gasteiger partial charge on any atom is 0.129 e. The molecule has 0 atom stereocenters. The molecule has 26 heavy (non-hydrogen) atoms. The fourth-order valence-corrected chi connectivity index (χ4v) is 4.33. The molecule has 0 aliphatic heterocycles. The molecule has 1 nitrogen and oxygen atoms in total. The summed E-state index contributed by atoms with van der Waals surface area (Å²) in [5, 5.41) is 0. The van der Waals surface area contributed by atoms with Gasteiger partial charge in [-0.25, -0.2) is 0 Å². The van der Waals surface area contributed by atoms with E-state index in [0.717, 1.165) is 13.0 Å². The average molecular weight is 399 g/mol. The van der Waals surface area contributed by atoms with Crippen LogP contribution in [0, 0.1) is 11.5 Å². The molecule has 0 aromatic heterocycles. The standard InChI is InChI=1S/C23H46OSSi/c1-23(2)24-19-18-21-25-20-16-14-12-10-8-6-7-9-11-13-15-17-22-26(3,4)5/h23H,6-16,18-21H2,1-5H3. The van der Waals surface area contributed by atoms with Crippen molar-refractivity contribution in [1.82, 2.24) is 0 Å². The lowest BCUT2D eigenvalue weighted by molar-refractivity contribution is 0.0800. The third-order valence-electron chi connectivity index (χ3n) is 4.19. The zero-order valence-electron chi connectivity index (χ0n) is 18.5. The van der Waals surface area contributed by atoms with Crippen LogP contribution >= 0.6 is 11.8 Å². The van der Waals surface area contributed by atoms with E-state index in [1.54, 1.807) is 0 Å². The lowest BCUT2D eigenvalue weighted by Gasteiger charge is -2.07. The van der Waals surface area contributed by atoms with Gasteiger partial charge in [-0.1, -0.05) is 71.0 Å². The lowest BCUT2D eigenvalue weighted by Crippen LogP contribution is -2.16. The molecule has 0 amide bonds. The van der Waals surface area contributed by atoms with Gasteiger partial charge in [0.15, 0.2) is 0 Å². The molecule has 0 bridgehead atoms. The molecule has 0 rings (SSSR count). The van der Waals surface area contributed by atoms with Gasteiger partial charge in [0, 0.05) is 13.0 Å². The number of thioether (sulfide) groups is 1. The maximum atomic E-state index is 5.56. The van der Waals surface area contributed by atoms with Crippen molar-refractivity contribution in [1.29, 1.82) is 0 Å². The van der Waals surface area contributed by atoms with Gasteiger partial charge >= 0.3 is 0 Å². The average Bonchev–Trinajstić information content (AvgIpc) is 2.55. The molecule has 0 aliphatic carbocycles. The van der Waals surface area contributed by atoms with Gasteiger partial charge in [-0.2, -0.15) is 11.8 Å². The van der Waals surface area contributed by atoms with Gasteiger partial charge in [0.25, 0.3) is 0 Å². The van der Waals surface area contributed by atoms with Crippen LogP contribution in [0.4, 0.5) is 0 Å². The van der Waals surface area contributed by atoms with E-state index in [0.29, 0.717) is 6.10 Å². The van der Waals surface area contributed by atoms with E-state index in [-0.39, 0.29) is 0 Å². The molecular formula is C23H46OSSi. The second-order valence-electron chi connectivity index (χ2n) is 8.72. The van der Waals surface area contributed by atoms with E-state index in [4.69, 9.17) is 4.74 Å². The summed E-state index contributed by atoms with van der Waals surface area (Å²) in [6, 6.07) is 0. The Morgan fingerprint density at radius 3 is 1.77 bits per heavy atom. The van der Waals surface area contributed by atoms with E-state index < -0.39 is 8.07 Å². The summed E-state index contributed by atoms with van der Waals surface area (Å²) in [5.41, 5.74) is 3.46. The van der Waals surface area contributed by atoms with E-state index in [1.807, 2.05) is 0 Å². The fourth-order valence-electron chi connectivity index (χ4n) is 2.74. The van der Waals surface area contributed by atoms with Crippen LogP contribution in [0.15, 0.2) is 0 Å². The van der Waals surface area contributed by atoms with Crippen molar-refractivity contribution in [3.05, 3.63) is 0 Å². The minimum absolute atomic E-state index is 0.383. The van der Waals surface area contributed by atoms with Gasteiger partial charge < -0.3 is 4.74 Å². The highest BCUT2D eigenvalue weighted by Crippen LogP contribution is 2.13. The van der Waals surface area contributed by atoms with Crippen molar-refractivity contribution < 1.29 is 4.74 Å². The molecule has 0 radical (unpaired) electrons. The summed E-state index contributed by atoms with van der Waals surface area (Å²) in [7, 11) is -1.14. The Morgan fingerprint density at radius 1 is 0.731 bits per heavy atom. The predicted octanol–water partition coefficient (Wildman–Crippen LogP) is 7.71. The Labute approximate surface area is 170 Å². The Hall–Kier alpha value is 0.0869. The van der Waals surface area contributed by atoms with Crippen LogP contribution in [0.1, 0.15) is 90.9 Å². The lowest BCUT2D eigenvalue weighted by atomic mass is 10.1. The quantitative estimate of drug-likeness (QED) is 0.141. The molecule has 0 spiro atoms. The number of hydrogen-bond acceptors (Lipinski definition) is 2. The van der Waals surface area contributed by atoms with Gasteiger partial charge in [-0.05, 0) is 44.6 Å². The molecule has 0 fully saturated rings. The summed E-state index contributed by atoms with van der Waals surface area (Å²) in [5.74, 6) is 5.98. The highest BCUT2D eigenvalue weighted by Gasteiger charge is 2.06. The molecule has 154 valence electrons. The van der Waals surface area contributed by atoms with Crippen LogP contribution in [0.25, 0.3) is 0 Å². The van der Waals surface area contributed by atoms with E-state index in [2.05, 4.69) is 56.7 Å². The van der Waals surface area contributed by atoms with Gasteiger partial charge in [0.2, 0.25) is 0 Å². The van der Waals surface area contributed by atoms with Crippen molar-refractivity contribution in [2.45, 2.75) is 117 Å². The van der Waals surface area contributed by atoms with Crippen LogP contribution in [-0.2, 0) is 4.74 Å². The summed E-state index contributed by atoms with van der Waals surface area (Å²) in [6.45, 7) is 12.1. The molecule has 0 saturated heterocycles. The normalized spacial score (nSPS) is 11.6. The maximum absolute atomic E-state index is 5.56. The largest absolute Gasteiger partial charge is 0.379 e. The second kappa shape index (κ2) is 18.5. The molecule has 0 aliphatic rings. The van der Waals surface area contributed by atoms with Gasteiger partial charge in [0.05, 0.1) is 6.10 Å². The first-order chi connectivity index (χ1) is 12.4. The zero-order chi connectivity index (χ0) is 19.5. The van der Waals surface area contributed by atoms with Crippen LogP contribution in [0.2, 0.25) is 19.6 Å². The van der Waals surface area contributed by atoms with E-state index >= 15 is 0 Å². The monoisotopic (exact) mass is 398 g/mol.